The van der Waals surface area contributed by atoms with Crippen LogP contribution in [-0.4, -0.2) is 38.4 Å². The molecule has 1 saturated carbocycles. The van der Waals surface area contributed by atoms with Gasteiger partial charge in [0.25, 0.3) is 0 Å². The highest BCUT2D eigenvalue weighted by Crippen LogP contribution is 2.38. The molecule has 26 heavy (non-hydrogen) atoms. The van der Waals surface area contributed by atoms with E-state index in [0.717, 1.165) is 31.3 Å². The Bertz CT molecular complexity index is 793. The summed E-state index contributed by atoms with van der Waals surface area (Å²) in [7, 11) is 2.00. The average Bonchev–Trinajstić information content (AvgIpc) is 3.29. The van der Waals surface area contributed by atoms with Gasteiger partial charge in [0.2, 0.25) is 11.9 Å². The molecule has 138 valence electrons. The third-order valence-corrected chi connectivity index (χ3v) is 5.64. The van der Waals surface area contributed by atoms with Crippen molar-refractivity contribution < 1.29 is 9.90 Å². The SMILES string of the molecule is CC(=O)NC[C@H]1C[C@H](c2nnc(N3Cc4ccccc4C3)n2C)C[C@H]1O. The highest BCUT2D eigenvalue weighted by Gasteiger charge is 2.37. The van der Waals surface area contributed by atoms with E-state index in [-0.39, 0.29) is 17.7 Å². The van der Waals surface area contributed by atoms with Gasteiger partial charge in [-0.3, -0.25) is 4.79 Å². The Morgan fingerprint density at radius 1 is 1.23 bits per heavy atom. The second-order valence-electron chi connectivity index (χ2n) is 7.47. The number of aliphatic hydroxyl groups excluding tert-OH is 1. The number of rotatable bonds is 4. The van der Waals surface area contributed by atoms with Crippen LogP contribution in [-0.2, 0) is 24.9 Å². The third kappa shape index (κ3) is 3.07. The number of hydrogen-bond donors (Lipinski definition) is 2. The number of anilines is 1. The fourth-order valence-electron chi connectivity index (χ4n) is 4.25. The van der Waals surface area contributed by atoms with E-state index < -0.39 is 6.10 Å². The van der Waals surface area contributed by atoms with E-state index in [2.05, 4.69) is 49.2 Å². The summed E-state index contributed by atoms with van der Waals surface area (Å²) in [5.74, 6) is 1.96. The van der Waals surface area contributed by atoms with Crippen LogP contribution in [0.3, 0.4) is 0 Å². The molecule has 1 aromatic carbocycles. The van der Waals surface area contributed by atoms with Gasteiger partial charge in [-0.1, -0.05) is 24.3 Å². The van der Waals surface area contributed by atoms with Gasteiger partial charge in [-0.15, -0.1) is 10.2 Å². The molecule has 0 bridgehead atoms. The molecule has 7 heteroatoms. The summed E-state index contributed by atoms with van der Waals surface area (Å²) in [6.07, 6.45) is 1.06. The molecule has 4 rings (SSSR count). The van der Waals surface area contributed by atoms with Crippen molar-refractivity contribution in [3.8, 4) is 0 Å². The second kappa shape index (κ2) is 6.72. The molecule has 1 aliphatic heterocycles. The largest absolute Gasteiger partial charge is 0.393 e. The lowest BCUT2D eigenvalue weighted by Crippen LogP contribution is -2.30. The van der Waals surface area contributed by atoms with Crippen LogP contribution in [0.15, 0.2) is 24.3 Å². The number of carbonyl (C=O) groups excluding carboxylic acids is 1. The van der Waals surface area contributed by atoms with Crippen molar-refractivity contribution in [1.29, 1.82) is 0 Å². The molecule has 1 fully saturated rings. The molecule has 0 saturated heterocycles. The van der Waals surface area contributed by atoms with Gasteiger partial charge in [0.05, 0.1) is 6.10 Å². The Hall–Kier alpha value is -2.41. The summed E-state index contributed by atoms with van der Waals surface area (Å²) in [6, 6.07) is 8.46. The first kappa shape index (κ1) is 17.0. The third-order valence-electron chi connectivity index (χ3n) is 5.64. The Morgan fingerprint density at radius 2 is 1.92 bits per heavy atom. The number of aromatic nitrogens is 3. The van der Waals surface area contributed by atoms with Crippen LogP contribution in [0.1, 0.15) is 42.6 Å². The minimum absolute atomic E-state index is 0.0600. The van der Waals surface area contributed by atoms with Crippen molar-refractivity contribution in [2.75, 3.05) is 11.4 Å². The lowest BCUT2D eigenvalue weighted by atomic mass is 10.0. The number of amides is 1. The van der Waals surface area contributed by atoms with E-state index in [0.29, 0.717) is 13.0 Å². The summed E-state index contributed by atoms with van der Waals surface area (Å²) >= 11 is 0. The number of carbonyl (C=O) groups is 1. The van der Waals surface area contributed by atoms with Crippen molar-refractivity contribution in [2.45, 2.75) is 44.9 Å². The number of nitrogens with one attached hydrogen (secondary N) is 1. The molecule has 0 radical (unpaired) electrons. The standard InChI is InChI=1S/C19H25N5O2/c1-12(25)20-9-16-7-15(8-17(16)26)18-21-22-19(23(18)2)24-10-13-5-3-4-6-14(13)11-24/h3-6,15-17,26H,7-11H2,1-2H3,(H,20,25)/t15-,16+,17+/m0/s1. The maximum absolute atomic E-state index is 11.1. The molecule has 1 aliphatic carbocycles. The quantitative estimate of drug-likeness (QED) is 0.864. The average molecular weight is 355 g/mol. The van der Waals surface area contributed by atoms with Crippen LogP contribution >= 0.6 is 0 Å². The minimum Gasteiger partial charge on any atom is -0.393 e. The first-order valence-electron chi connectivity index (χ1n) is 9.16. The monoisotopic (exact) mass is 355 g/mol. The zero-order chi connectivity index (χ0) is 18.3. The summed E-state index contributed by atoms with van der Waals surface area (Å²) in [4.78, 5) is 13.4. The first-order chi connectivity index (χ1) is 12.5. The lowest BCUT2D eigenvalue weighted by Gasteiger charge is -2.17. The number of nitrogens with zero attached hydrogens (tertiary/aromatic N) is 4. The predicted octanol–water partition coefficient (Wildman–Crippen LogP) is 1.33. The number of aliphatic hydroxyl groups is 1. The topological polar surface area (TPSA) is 83.3 Å². The van der Waals surface area contributed by atoms with Gasteiger partial charge >= 0.3 is 0 Å². The van der Waals surface area contributed by atoms with Crippen LogP contribution in [0.4, 0.5) is 5.95 Å². The Kier molecular flexibility index (Phi) is 4.40. The van der Waals surface area contributed by atoms with Crippen molar-refractivity contribution in [3.05, 3.63) is 41.2 Å². The van der Waals surface area contributed by atoms with E-state index >= 15 is 0 Å². The second-order valence-corrected chi connectivity index (χ2v) is 7.47. The minimum atomic E-state index is -0.414. The van der Waals surface area contributed by atoms with Crippen LogP contribution in [0.25, 0.3) is 0 Å². The first-order valence-corrected chi connectivity index (χ1v) is 9.16. The van der Waals surface area contributed by atoms with Gasteiger partial charge in [-0.2, -0.15) is 0 Å². The Labute approximate surface area is 153 Å². The van der Waals surface area contributed by atoms with Gasteiger partial charge in [0, 0.05) is 45.4 Å². The molecule has 0 unspecified atom stereocenters. The summed E-state index contributed by atoms with van der Waals surface area (Å²) in [6.45, 7) is 3.71. The molecule has 1 aromatic heterocycles. The molecular weight excluding hydrogens is 330 g/mol. The van der Waals surface area contributed by atoms with E-state index in [9.17, 15) is 9.90 Å². The van der Waals surface area contributed by atoms with Crippen LogP contribution in [0.2, 0.25) is 0 Å². The van der Waals surface area contributed by atoms with Crippen LogP contribution < -0.4 is 10.2 Å². The van der Waals surface area contributed by atoms with Crippen molar-refractivity contribution in [2.24, 2.45) is 13.0 Å². The molecule has 2 aliphatic rings. The highest BCUT2D eigenvalue weighted by atomic mass is 16.3. The van der Waals surface area contributed by atoms with Gasteiger partial charge in [-0.25, -0.2) is 0 Å². The maximum Gasteiger partial charge on any atom is 0.227 e. The van der Waals surface area contributed by atoms with E-state index in [1.807, 2.05) is 7.05 Å². The normalized spacial score (nSPS) is 24.7. The van der Waals surface area contributed by atoms with E-state index in [1.54, 1.807) is 0 Å². The summed E-state index contributed by atoms with van der Waals surface area (Å²) in [5, 5.41) is 22.0. The molecule has 2 aromatic rings. The number of hydrogen-bond acceptors (Lipinski definition) is 5. The maximum atomic E-state index is 11.1. The zero-order valence-electron chi connectivity index (χ0n) is 15.2. The van der Waals surface area contributed by atoms with Crippen molar-refractivity contribution in [1.82, 2.24) is 20.1 Å². The van der Waals surface area contributed by atoms with Crippen LogP contribution in [0, 0.1) is 5.92 Å². The highest BCUT2D eigenvalue weighted by molar-refractivity contribution is 5.72. The fourth-order valence-corrected chi connectivity index (χ4v) is 4.25. The predicted molar refractivity (Wildman–Crippen MR) is 97.5 cm³/mol. The summed E-state index contributed by atoms with van der Waals surface area (Å²) in [5.41, 5.74) is 2.67. The molecule has 0 spiro atoms. The van der Waals surface area contributed by atoms with Crippen LogP contribution in [0.5, 0.6) is 0 Å². The smallest absolute Gasteiger partial charge is 0.227 e. The lowest BCUT2D eigenvalue weighted by molar-refractivity contribution is -0.119. The van der Waals surface area contributed by atoms with Crippen molar-refractivity contribution in [3.63, 3.8) is 0 Å². The molecule has 2 N–H and O–H groups in total. The van der Waals surface area contributed by atoms with Gasteiger partial charge in [-0.05, 0) is 24.0 Å². The van der Waals surface area contributed by atoms with Gasteiger partial charge in [0.1, 0.15) is 5.82 Å². The van der Waals surface area contributed by atoms with Gasteiger partial charge < -0.3 is 19.9 Å². The molecule has 2 heterocycles. The van der Waals surface area contributed by atoms with Crippen molar-refractivity contribution >= 4 is 11.9 Å². The molecule has 3 atom stereocenters. The molecular formula is C19H25N5O2. The fraction of sp³-hybridized carbons (Fsp3) is 0.526. The molecule has 1 amide bonds. The van der Waals surface area contributed by atoms with E-state index in [4.69, 9.17) is 0 Å². The van der Waals surface area contributed by atoms with Gasteiger partial charge in [0.15, 0.2) is 0 Å². The Balaban J connectivity index is 1.48. The number of fused-ring (bicyclic) bond motifs is 1. The Morgan fingerprint density at radius 3 is 2.58 bits per heavy atom. The number of benzene rings is 1. The molecule has 7 nitrogen and oxygen atoms in total. The zero-order valence-corrected chi connectivity index (χ0v) is 15.2. The summed E-state index contributed by atoms with van der Waals surface area (Å²) < 4.78 is 2.06. The van der Waals surface area contributed by atoms with E-state index in [1.165, 1.54) is 18.1 Å².